The Kier molecular flexibility index (Phi) is 3.72. The number of nitrogens with one attached hydrogen (secondary N) is 1. The highest BCUT2D eigenvalue weighted by molar-refractivity contribution is 5.42. The van der Waals surface area contributed by atoms with Crippen LogP contribution in [0.15, 0.2) is 24.4 Å². The number of fused-ring (bicyclic) bond motifs is 1. The lowest BCUT2D eigenvalue weighted by Gasteiger charge is -2.33. The van der Waals surface area contributed by atoms with Gasteiger partial charge in [0.25, 0.3) is 0 Å². The smallest absolute Gasteiger partial charge is 0.129 e. The van der Waals surface area contributed by atoms with Crippen LogP contribution < -0.4 is 10.1 Å². The molecule has 0 saturated carbocycles. The molecular weight excluding hydrogens is 262 g/mol. The van der Waals surface area contributed by atoms with Crippen LogP contribution in [0.4, 0.5) is 0 Å². The van der Waals surface area contributed by atoms with Crippen molar-refractivity contribution in [1.82, 2.24) is 15.1 Å². The molecule has 4 nitrogen and oxygen atoms in total. The summed E-state index contributed by atoms with van der Waals surface area (Å²) in [7, 11) is 1.96. The highest BCUT2D eigenvalue weighted by Gasteiger charge is 2.30. The van der Waals surface area contributed by atoms with Gasteiger partial charge in [0.1, 0.15) is 11.9 Å². The largest absolute Gasteiger partial charge is 0.485 e. The number of benzene rings is 1. The van der Waals surface area contributed by atoms with E-state index < -0.39 is 0 Å². The molecule has 1 N–H and O–H groups in total. The van der Waals surface area contributed by atoms with Gasteiger partial charge in [0.05, 0.1) is 5.69 Å². The van der Waals surface area contributed by atoms with Crippen LogP contribution in [0, 0.1) is 13.8 Å². The molecule has 0 fully saturated rings. The van der Waals surface area contributed by atoms with Gasteiger partial charge in [-0.25, -0.2) is 0 Å². The molecule has 2 atom stereocenters. The molecule has 0 spiro atoms. The van der Waals surface area contributed by atoms with Crippen LogP contribution >= 0.6 is 0 Å². The summed E-state index contributed by atoms with van der Waals surface area (Å²) in [6.07, 6.45) is 3.08. The van der Waals surface area contributed by atoms with Gasteiger partial charge in [-0.1, -0.05) is 24.6 Å². The first kappa shape index (κ1) is 14.1. The Labute approximate surface area is 126 Å². The number of aromatic nitrogens is 2. The minimum Gasteiger partial charge on any atom is -0.485 e. The lowest BCUT2D eigenvalue weighted by atomic mass is 9.92. The summed E-state index contributed by atoms with van der Waals surface area (Å²) in [5.41, 5.74) is 4.78. The van der Waals surface area contributed by atoms with Crippen molar-refractivity contribution in [3.63, 3.8) is 0 Å². The molecule has 2 aromatic rings. The monoisotopic (exact) mass is 285 g/mol. The highest BCUT2D eigenvalue weighted by Crippen LogP contribution is 2.41. The molecule has 0 bridgehead atoms. The van der Waals surface area contributed by atoms with Gasteiger partial charge < -0.3 is 10.1 Å². The van der Waals surface area contributed by atoms with Gasteiger partial charge in [0.2, 0.25) is 0 Å². The van der Waals surface area contributed by atoms with E-state index in [4.69, 9.17) is 4.74 Å². The molecule has 21 heavy (non-hydrogen) atoms. The Morgan fingerprint density at radius 1 is 1.33 bits per heavy atom. The fourth-order valence-corrected chi connectivity index (χ4v) is 3.15. The number of rotatable bonds is 3. The standard InChI is InChI=1S/C17H23N3O/c1-5-18-15-9-17(14-10-20(4)19-12(14)3)21-16-7-6-11(2)8-13(15)16/h6-8,10,15,17-18H,5,9H2,1-4H3. The van der Waals surface area contributed by atoms with E-state index in [0.717, 1.165) is 24.4 Å². The van der Waals surface area contributed by atoms with Gasteiger partial charge in [0, 0.05) is 36.8 Å². The predicted octanol–water partition coefficient (Wildman–Crippen LogP) is 3.21. The Morgan fingerprint density at radius 3 is 2.81 bits per heavy atom. The van der Waals surface area contributed by atoms with E-state index in [1.165, 1.54) is 16.7 Å². The second kappa shape index (κ2) is 5.53. The molecule has 1 aromatic heterocycles. The SMILES string of the molecule is CCNC1CC(c2cn(C)nc2C)Oc2ccc(C)cc21. The summed E-state index contributed by atoms with van der Waals surface area (Å²) in [6.45, 7) is 7.28. The van der Waals surface area contributed by atoms with Gasteiger partial charge in [-0.05, 0) is 26.5 Å². The van der Waals surface area contributed by atoms with Crippen molar-refractivity contribution in [2.24, 2.45) is 7.05 Å². The van der Waals surface area contributed by atoms with E-state index in [1.807, 2.05) is 18.7 Å². The molecule has 4 heteroatoms. The Bertz CT molecular complexity index is 647. The van der Waals surface area contributed by atoms with Crippen LogP contribution in [-0.2, 0) is 7.05 Å². The molecule has 0 amide bonds. The minimum atomic E-state index is 0.0676. The topological polar surface area (TPSA) is 39.1 Å². The Hall–Kier alpha value is -1.81. The van der Waals surface area contributed by atoms with E-state index in [1.54, 1.807) is 0 Å². The average molecular weight is 285 g/mol. The fraction of sp³-hybridized carbons (Fsp3) is 0.471. The third kappa shape index (κ3) is 2.68. The summed E-state index contributed by atoms with van der Waals surface area (Å²) in [5, 5.41) is 8.03. The number of hydrogen-bond acceptors (Lipinski definition) is 3. The van der Waals surface area contributed by atoms with Crippen LogP contribution in [-0.4, -0.2) is 16.3 Å². The minimum absolute atomic E-state index is 0.0676. The van der Waals surface area contributed by atoms with Crippen LogP contribution in [0.5, 0.6) is 5.75 Å². The second-order valence-corrected chi connectivity index (χ2v) is 5.84. The van der Waals surface area contributed by atoms with E-state index in [-0.39, 0.29) is 6.10 Å². The van der Waals surface area contributed by atoms with Crippen molar-refractivity contribution < 1.29 is 4.74 Å². The van der Waals surface area contributed by atoms with Crippen molar-refractivity contribution in [1.29, 1.82) is 0 Å². The summed E-state index contributed by atoms with van der Waals surface area (Å²) in [5.74, 6) is 0.992. The van der Waals surface area contributed by atoms with Crippen LogP contribution in [0.2, 0.25) is 0 Å². The van der Waals surface area contributed by atoms with E-state index in [9.17, 15) is 0 Å². The quantitative estimate of drug-likeness (QED) is 0.941. The first-order valence-corrected chi connectivity index (χ1v) is 7.59. The molecule has 2 unspecified atom stereocenters. The van der Waals surface area contributed by atoms with Crippen molar-refractivity contribution >= 4 is 0 Å². The maximum absolute atomic E-state index is 6.25. The summed E-state index contributed by atoms with van der Waals surface area (Å²) >= 11 is 0. The third-order valence-corrected chi connectivity index (χ3v) is 4.11. The Morgan fingerprint density at radius 2 is 2.14 bits per heavy atom. The first-order chi connectivity index (χ1) is 10.1. The van der Waals surface area contributed by atoms with Crippen molar-refractivity contribution in [2.45, 2.75) is 39.3 Å². The van der Waals surface area contributed by atoms with Crippen molar-refractivity contribution in [3.8, 4) is 5.75 Å². The van der Waals surface area contributed by atoms with Gasteiger partial charge in [-0.15, -0.1) is 0 Å². The average Bonchev–Trinajstić information content (AvgIpc) is 2.78. The zero-order valence-electron chi connectivity index (χ0n) is 13.2. The third-order valence-electron chi connectivity index (χ3n) is 4.11. The highest BCUT2D eigenvalue weighted by atomic mass is 16.5. The molecule has 1 aromatic carbocycles. The molecule has 0 saturated heterocycles. The molecule has 3 rings (SSSR count). The van der Waals surface area contributed by atoms with E-state index in [2.05, 4.69) is 48.7 Å². The first-order valence-electron chi connectivity index (χ1n) is 7.59. The summed E-state index contributed by atoms with van der Waals surface area (Å²) in [6, 6.07) is 6.77. The van der Waals surface area contributed by atoms with Crippen molar-refractivity contribution in [3.05, 3.63) is 46.8 Å². The maximum atomic E-state index is 6.25. The van der Waals surface area contributed by atoms with Gasteiger partial charge >= 0.3 is 0 Å². The number of hydrogen-bond donors (Lipinski definition) is 1. The summed E-state index contributed by atoms with van der Waals surface area (Å²) < 4.78 is 8.11. The number of nitrogens with zero attached hydrogens (tertiary/aromatic N) is 2. The maximum Gasteiger partial charge on any atom is 0.129 e. The molecule has 2 heterocycles. The second-order valence-electron chi connectivity index (χ2n) is 5.84. The van der Waals surface area contributed by atoms with E-state index in [0.29, 0.717) is 6.04 Å². The zero-order valence-corrected chi connectivity index (χ0v) is 13.2. The molecule has 0 radical (unpaired) electrons. The molecule has 1 aliphatic rings. The van der Waals surface area contributed by atoms with Crippen molar-refractivity contribution in [2.75, 3.05) is 6.54 Å². The molecule has 0 aliphatic carbocycles. The lowest BCUT2D eigenvalue weighted by molar-refractivity contribution is 0.151. The molecule has 112 valence electrons. The number of aryl methyl sites for hydroxylation is 3. The number of ether oxygens (including phenoxy) is 1. The Balaban J connectivity index is 1.97. The van der Waals surface area contributed by atoms with Gasteiger partial charge in [-0.2, -0.15) is 5.10 Å². The molecule has 1 aliphatic heterocycles. The summed E-state index contributed by atoms with van der Waals surface area (Å²) in [4.78, 5) is 0. The fourth-order valence-electron chi connectivity index (χ4n) is 3.15. The lowest BCUT2D eigenvalue weighted by Crippen LogP contribution is -2.29. The van der Waals surface area contributed by atoms with Gasteiger partial charge in [0.15, 0.2) is 0 Å². The molecular formula is C17H23N3O. The van der Waals surface area contributed by atoms with Gasteiger partial charge in [-0.3, -0.25) is 4.68 Å². The van der Waals surface area contributed by atoms with E-state index >= 15 is 0 Å². The van der Waals surface area contributed by atoms with Crippen LogP contribution in [0.3, 0.4) is 0 Å². The zero-order chi connectivity index (χ0) is 15.0. The van der Waals surface area contributed by atoms with Crippen LogP contribution in [0.25, 0.3) is 0 Å². The normalized spacial score (nSPS) is 21.0. The predicted molar refractivity (Wildman–Crippen MR) is 83.5 cm³/mol. The van der Waals surface area contributed by atoms with Crippen LogP contribution in [0.1, 0.15) is 47.9 Å².